The molecule has 2 fully saturated rings. The van der Waals surface area contributed by atoms with E-state index in [9.17, 15) is 4.79 Å². The van der Waals surface area contributed by atoms with Crippen molar-refractivity contribution in [1.29, 1.82) is 0 Å². The van der Waals surface area contributed by atoms with Crippen LogP contribution in [0, 0.1) is 0 Å². The number of halogens is 1. The fourth-order valence-electron chi connectivity index (χ4n) is 2.74. The van der Waals surface area contributed by atoms with Gasteiger partial charge in [0.1, 0.15) is 5.66 Å². The third kappa shape index (κ3) is 1.16. The second-order valence-corrected chi connectivity index (χ2v) is 5.48. The topological polar surface area (TPSA) is 23.6 Å². The van der Waals surface area contributed by atoms with Crippen LogP contribution in [0.2, 0.25) is 0 Å². The van der Waals surface area contributed by atoms with E-state index in [2.05, 4.69) is 22.9 Å². The predicted molar refractivity (Wildman–Crippen MR) is 66.4 cm³/mol. The monoisotopic (exact) mass is 280 g/mol. The van der Waals surface area contributed by atoms with Crippen LogP contribution < -0.4 is 4.90 Å². The lowest BCUT2D eigenvalue weighted by molar-refractivity contribution is 0.103. The molecule has 2 aliphatic heterocycles. The molecule has 2 saturated heterocycles. The Bertz CT molecular complexity index is 445. The van der Waals surface area contributed by atoms with E-state index in [-0.39, 0.29) is 11.7 Å². The van der Waals surface area contributed by atoms with Crippen molar-refractivity contribution >= 4 is 27.6 Å². The summed E-state index contributed by atoms with van der Waals surface area (Å²) in [5.74, 6) is 0. The third-order valence-corrected chi connectivity index (χ3v) is 4.13. The number of hydrogen-bond acceptors (Lipinski definition) is 1. The highest BCUT2D eigenvalue weighted by molar-refractivity contribution is 9.10. The van der Waals surface area contributed by atoms with Gasteiger partial charge in [0.2, 0.25) is 0 Å². The molecule has 4 heteroatoms. The van der Waals surface area contributed by atoms with Crippen molar-refractivity contribution in [2.24, 2.45) is 0 Å². The van der Waals surface area contributed by atoms with E-state index in [0.29, 0.717) is 0 Å². The van der Waals surface area contributed by atoms with Crippen molar-refractivity contribution in [3.8, 4) is 0 Å². The van der Waals surface area contributed by atoms with Crippen LogP contribution in [0.4, 0.5) is 10.5 Å². The molecule has 3 rings (SSSR count). The van der Waals surface area contributed by atoms with E-state index in [1.165, 1.54) is 0 Å². The number of carbonyl (C=O) groups is 1. The SMILES string of the molecule is CC12CCCN1C(=O)N2c1ccc(Br)cc1. The molecule has 0 N–H and O–H groups in total. The highest BCUT2D eigenvalue weighted by atomic mass is 79.9. The minimum atomic E-state index is -0.0785. The van der Waals surface area contributed by atoms with E-state index in [0.717, 1.165) is 29.5 Å². The zero-order chi connectivity index (χ0) is 11.3. The minimum Gasteiger partial charge on any atom is -0.301 e. The van der Waals surface area contributed by atoms with Gasteiger partial charge >= 0.3 is 6.03 Å². The molecule has 0 bridgehead atoms. The Morgan fingerprint density at radius 2 is 2.00 bits per heavy atom. The second-order valence-electron chi connectivity index (χ2n) is 4.57. The number of carbonyl (C=O) groups excluding carboxylic acids is 1. The summed E-state index contributed by atoms with van der Waals surface area (Å²) >= 11 is 3.41. The summed E-state index contributed by atoms with van der Waals surface area (Å²) in [4.78, 5) is 15.9. The summed E-state index contributed by atoms with van der Waals surface area (Å²) in [6, 6.07) is 8.07. The van der Waals surface area contributed by atoms with Crippen molar-refractivity contribution in [2.45, 2.75) is 25.4 Å². The van der Waals surface area contributed by atoms with Crippen LogP contribution in [0.1, 0.15) is 19.8 Å². The normalized spacial score (nSPS) is 28.0. The molecule has 1 unspecified atom stereocenters. The van der Waals surface area contributed by atoms with E-state index in [4.69, 9.17) is 0 Å². The van der Waals surface area contributed by atoms with Crippen LogP contribution in [-0.4, -0.2) is 23.1 Å². The van der Waals surface area contributed by atoms with Gasteiger partial charge in [-0.15, -0.1) is 0 Å². The number of nitrogens with zero attached hydrogens (tertiary/aromatic N) is 2. The number of fused-ring (bicyclic) bond motifs is 1. The van der Waals surface area contributed by atoms with Crippen LogP contribution in [0.25, 0.3) is 0 Å². The smallest absolute Gasteiger partial charge is 0.301 e. The number of rotatable bonds is 1. The number of amides is 2. The molecule has 84 valence electrons. The van der Waals surface area contributed by atoms with Crippen molar-refractivity contribution in [3.63, 3.8) is 0 Å². The Hall–Kier alpha value is -1.03. The molecule has 0 radical (unpaired) electrons. The van der Waals surface area contributed by atoms with Gasteiger partial charge in [0.05, 0.1) is 0 Å². The lowest BCUT2D eigenvalue weighted by Crippen LogP contribution is -2.73. The predicted octanol–water partition coefficient (Wildman–Crippen LogP) is 3.20. The van der Waals surface area contributed by atoms with Gasteiger partial charge in [-0.05, 0) is 44.0 Å². The van der Waals surface area contributed by atoms with Crippen LogP contribution in [-0.2, 0) is 0 Å². The van der Waals surface area contributed by atoms with Crippen LogP contribution in [0.3, 0.4) is 0 Å². The Kier molecular flexibility index (Phi) is 2.05. The lowest BCUT2D eigenvalue weighted by atomic mass is 10.0. The highest BCUT2D eigenvalue weighted by Gasteiger charge is 2.57. The van der Waals surface area contributed by atoms with E-state index in [1.807, 2.05) is 34.1 Å². The maximum atomic E-state index is 12.0. The number of urea groups is 1. The minimum absolute atomic E-state index is 0.0785. The zero-order valence-corrected chi connectivity index (χ0v) is 10.7. The van der Waals surface area contributed by atoms with Crippen LogP contribution in [0.5, 0.6) is 0 Å². The van der Waals surface area contributed by atoms with E-state index < -0.39 is 0 Å². The molecule has 16 heavy (non-hydrogen) atoms. The molecular formula is C12H13BrN2O. The summed E-state index contributed by atoms with van der Waals surface area (Å²) in [5, 5.41) is 0. The van der Waals surface area contributed by atoms with Gasteiger partial charge in [-0.2, -0.15) is 0 Å². The summed E-state index contributed by atoms with van der Waals surface area (Å²) in [7, 11) is 0. The molecule has 2 heterocycles. The van der Waals surface area contributed by atoms with Crippen LogP contribution >= 0.6 is 15.9 Å². The average Bonchev–Trinajstić information content (AvgIpc) is 2.60. The van der Waals surface area contributed by atoms with E-state index >= 15 is 0 Å². The Balaban J connectivity index is 1.96. The van der Waals surface area contributed by atoms with Gasteiger partial charge in [-0.1, -0.05) is 15.9 Å². The van der Waals surface area contributed by atoms with Crippen molar-refractivity contribution in [2.75, 3.05) is 11.4 Å². The second kappa shape index (κ2) is 3.23. The zero-order valence-electron chi connectivity index (χ0n) is 9.11. The van der Waals surface area contributed by atoms with Gasteiger partial charge in [0.25, 0.3) is 0 Å². The molecule has 0 saturated carbocycles. The maximum Gasteiger partial charge on any atom is 0.328 e. The first-order valence-corrected chi connectivity index (χ1v) is 6.30. The quantitative estimate of drug-likeness (QED) is 0.775. The third-order valence-electron chi connectivity index (χ3n) is 3.60. The molecule has 0 aromatic heterocycles. The molecule has 2 amide bonds. The summed E-state index contributed by atoms with van der Waals surface area (Å²) in [5.41, 5.74) is 0.916. The highest BCUT2D eigenvalue weighted by Crippen LogP contribution is 2.44. The molecule has 1 atom stereocenters. The number of benzene rings is 1. The van der Waals surface area contributed by atoms with Crippen molar-refractivity contribution < 1.29 is 4.79 Å². The molecule has 1 aromatic carbocycles. The molecule has 2 aliphatic rings. The molecule has 0 spiro atoms. The molecular weight excluding hydrogens is 268 g/mol. The average molecular weight is 281 g/mol. The van der Waals surface area contributed by atoms with Gasteiger partial charge in [0.15, 0.2) is 0 Å². The van der Waals surface area contributed by atoms with Gasteiger partial charge < -0.3 is 4.90 Å². The van der Waals surface area contributed by atoms with Gasteiger partial charge in [0, 0.05) is 16.7 Å². The molecule has 3 nitrogen and oxygen atoms in total. The fraction of sp³-hybridized carbons (Fsp3) is 0.417. The maximum absolute atomic E-state index is 12.0. The largest absolute Gasteiger partial charge is 0.328 e. The number of anilines is 1. The molecule has 0 aliphatic carbocycles. The Labute approximate surface area is 103 Å². The first kappa shape index (κ1) is 10.1. The molecule has 1 aromatic rings. The van der Waals surface area contributed by atoms with Crippen molar-refractivity contribution in [3.05, 3.63) is 28.7 Å². The summed E-state index contributed by atoms with van der Waals surface area (Å²) in [6.45, 7) is 3.05. The first-order valence-electron chi connectivity index (χ1n) is 5.50. The van der Waals surface area contributed by atoms with E-state index in [1.54, 1.807) is 0 Å². The summed E-state index contributed by atoms with van der Waals surface area (Å²) in [6.07, 6.45) is 2.17. The fourth-order valence-corrected chi connectivity index (χ4v) is 3.01. The van der Waals surface area contributed by atoms with Crippen molar-refractivity contribution in [1.82, 2.24) is 4.90 Å². The van der Waals surface area contributed by atoms with Gasteiger partial charge in [-0.3, -0.25) is 4.90 Å². The van der Waals surface area contributed by atoms with Gasteiger partial charge in [-0.25, -0.2) is 4.79 Å². The first-order chi connectivity index (χ1) is 7.63. The Morgan fingerprint density at radius 1 is 1.31 bits per heavy atom. The number of hydrogen-bond donors (Lipinski definition) is 0. The van der Waals surface area contributed by atoms with Crippen LogP contribution in [0.15, 0.2) is 28.7 Å². The lowest BCUT2D eigenvalue weighted by Gasteiger charge is -2.55. The standard InChI is InChI=1S/C12H13BrN2O/c1-12-7-2-8-14(12)11(16)15(12)10-5-3-9(13)4-6-10/h3-6H,2,7-8H2,1H3. The summed E-state index contributed by atoms with van der Waals surface area (Å²) < 4.78 is 1.04. The Morgan fingerprint density at radius 3 is 2.69 bits per heavy atom.